The van der Waals surface area contributed by atoms with Crippen molar-refractivity contribution in [1.29, 1.82) is 0 Å². The summed E-state index contributed by atoms with van der Waals surface area (Å²) >= 11 is 6.69. The maximum Gasteiger partial charge on any atom is 0.266 e. The molecule has 0 bridgehead atoms. The van der Waals surface area contributed by atoms with Crippen molar-refractivity contribution in [2.24, 2.45) is 0 Å². The number of thioether (sulfide) groups is 1. The summed E-state index contributed by atoms with van der Waals surface area (Å²) in [5, 5.41) is 0. The Labute approximate surface area is 133 Å². The normalized spacial score (nSPS) is 22.3. The van der Waals surface area contributed by atoms with Gasteiger partial charge >= 0.3 is 0 Å². The van der Waals surface area contributed by atoms with Crippen LogP contribution >= 0.6 is 24.0 Å². The predicted molar refractivity (Wildman–Crippen MR) is 88.3 cm³/mol. The van der Waals surface area contributed by atoms with Crippen molar-refractivity contribution >= 4 is 40.3 Å². The number of hydrogen-bond acceptors (Lipinski definition) is 3. The lowest BCUT2D eigenvalue weighted by molar-refractivity contribution is -0.124. The van der Waals surface area contributed by atoms with Gasteiger partial charge in [0.1, 0.15) is 10.1 Å². The van der Waals surface area contributed by atoms with E-state index in [-0.39, 0.29) is 17.8 Å². The minimum Gasteiger partial charge on any atom is -0.290 e. The number of benzene rings is 1. The first-order valence-electron chi connectivity index (χ1n) is 7.18. The van der Waals surface area contributed by atoms with Gasteiger partial charge in [-0.25, -0.2) is 4.39 Å². The van der Waals surface area contributed by atoms with Crippen molar-refractivity contribution < 1.29 is 9.18 Å². The van der Waals surface area contributed by atoms with Crippen LogP contribution < -0.4 is 0 Å². The lowest BCUT2D eigenvalue weighted by Crippen LogP contribution is -2.39. The monoisotopic (exact) mass is 321 g/mol. The van der Waals surface area contributed by atoms with Gasteiger partial charge in [0.05, 0.1) is 4.91 Å². The molecule has 1 saturated carbocycles. The minimum absolute atomic E-state index is 0.0267. The van der Waals surface area contributed by atoms with E-state index in [1.807, 2.05) is 0 Å². The first-order chi connectivity index (χ1) is 10.1. The average Bonchev–Trinajstić information content (AvgIpc) is 2.74. The Hall–Kier alpha value is -1.20. The number of halogens is 1. The van der Waals surface area contributed by atoms with Gasteiger partial charge in [-0.1, -0.05) is 55.4 Å². The van der Waals surface area contributed by atoms with Crippen LogP contribution in [0.5, 0.6) is 0 Å². The van der Waals surface area contributed by atoms with Crippen LogP contribution in [0.25, 0.3) is 6.08 Å². The summed E-state index contributed by atoms with van der Waals surface area (Å²) in [6.07, 6.45) is 7.34. The van der Waals surface area contributed by atoms with Gasteiger partial charge in [0, 0.05) is 6.04 Å². The lowest BCUT2D eigenvalue weighted by atomic mass is 9.94. The first-order valence-corrected chi connectivity index (χ1v) is 8.40. The SMILES string of the molecule is O=C1/C(=C/c2cccc(F)c2)SC(=S)N1C1CCCCC1. The van der Waals surface area contributed by atoms with Gasteiger partial charge in [-0.05, 0) is 36.6 Å². The number of amides is 1. The molecule has 2 nitrogen and oxygen atoms in total. The summed E-state index contributed by atoms with van der Waals surface area (Å²) in [6.45, 7) is 0. The molecule has 1 aromatic carbocycles. The molecule has 0 spiro atoms. The van der Waals surface area contributed by atoms with Crippen molar-refractivity contribution in [1.82, 2.24) is 4.90 Å². The number of carbonyl (C=O) groups is 1. The van der Waals surface area contributed by atoms with E-state index in [9.17, 15) is 9.18 Å². The summed E-state index contributed by atoms with van der Waals surface area (Å²) in [7, 11) is 0. The molecule has 1 aromatic rings. The van der Waals surface area contributed by atoms with E-state index < -0.39 is 0 Å². The first kappa shape index (κ1) is 14.7. The van der Waals surface area contributed by atoms with Crippen molar-refractivity contribution in [2.75, 3.05) is 0 Å². The fraction of sp³-hybridized carbons (Fsp3) is 0.375. The lowest BCUT2D eigenvalue weighted by Gasteiger charge is -2.29. The Balaban J connectivity index is 1.82. The average molecular weight is 321 g/mol. The van der Waals surface area contributed by atoms with E-state index >= 15 is 0 Å². The number of thiocarbonyl (C=S) groups is 1. The molecule has 0 N–H and O–H groups in total. The molecule has 1 aliphatic heterocycles. The van der Waals surface area contributed by atoms with E-state index in [1.165, 1.54) is 30.3 Å². The summed E-state index contributed by atoms with van der Waals surface area (Å²) in [4.78, 5) is 14.9. The molecule has 0 unspecified atom stereocenters. The molecule has 0 radical (unpaired) electrons. The van der Waals surface area contributed by atoms with Gasteiger partial charge in [-0.15, -0.1) is 0 Å². The summed E-state index contributed by atoms with van der Waals surface area (Å²) in [6, 6.07) is 6.49. The molecule has 1 aliphatic carbocycles. The molecule has 1 saturated heterocycles. The maximum absolute atomic E-state index is 13.2. The fourth-order valence-electron chi connectivity index (χ4n) is 2.88. The van der Waals surface area contributed by atoms with Gasteiger partial charge < -0.3 is 0 Å². The van der Waals surface area contributed by atoms with Gasteiger partial charge in [0.15, 0.2) is 0 Å². The van der Waals surface area contributed by atoms with Crippen LogP contribution in [-0.4, -0.2) is 21.2 Å². The third kappa shape index (κ3) is 3.19. The predicted octanol–water partition coefficient (Wildman–Crippen LogP) is 4.36. The molecule has 110 valence electrons. The summed E-state index contributed by atoms with van der Waals surface area (Å²) < 4.78 is 13.9. The number of nitrogens with zero attached hydrogens (tertiary/aromatic N) is 1. The molecule has 1 heterocycles. The standard InChI is InChI=1S/C16H16FNOS2/c17-12-6-4-5-11(9-12)10-14-15(19)18(16(20)21-14)13-7-2-1-3-8-13/h4-6,9-10,13H,1-3,7-8H2/b14-10-. The minimum atomic E-state index is -0.300. The molecule has 2 aliphatic rings. The van der Waals surface area contributed by atoms with E-state index in [0.29, 0.717) is 14.8 Å². The molecule has 0 aromatic heterocycles. The van der Waals surface area contributed by atoms with Gasteiger partial charge in [0.2, 0.25) is 0 Å². The smallest absolute Gasteiger partial charge is 0.266 e. The third-order valence-electron chi connectivity index (χ3n) is 3.91. The van der Waals surface area contributed by atoms with Gasteiger partial charge in [-0.3, -0.25) is 9.69 Å². The maximum atomic E-state index is 13.2. The van der Waals surface area contributed by atoms with E-state index in [1.54, 1.807) is 23.1 Å². The molecular weight excluding hydrogens is 305 g/mol. The zero-order valence-corrected chi connectivity index (χ0v) is 13.2. The molecule has 2 fully saturated rings. The zero-order chi connectivity index (χ0) is 14.8. The topological polar surface area (TPSA) is 20.3 Å². The highest BCUT2D eigenvalue weighted by molar-refractivity contribution is 8.26. The van der Waals surface area contributed by atoms with Crippen molar-refractivity contribution in [3.8, 4) is 0 Å². The Morgan fingerprint density at radius 1 is 1.29 bits per heavy atom. The summed E-state index contributed by atoms with van der Waals surface area (Å²) in [5.41, 5.74) is 0.694. The van der Waals surface area contributed by atoms with Crippen LogP contribution in [0.1, 0.15) is 37.7 Å². The Bertz CT molecular complexity index is 608. The highest BCUT2D eigenvalue weighted by Crippen LogP contribution is 2.37. The van der Waals surface area contributed by atoms with E-state index in [4.69, 9.17) is 12.2 Å². The number of rotatable bonds is 2. The van der Waals surface area contributed by atoms with E-state index in [2.05, 4.69) is 0 Å². The van der Waals surface area contributed by atoms with Crippen LogP contribution in [0.2, 0.25) is 0 Å². The fourth-order valence-corrected chi connectivity index (χ4v) is 4.28. The Morgan fingerprint density at radius 3 is 2.76 bits per heavy atom. The Kier molecular flexibility index (Phi) is 4.40. The van der Waals surface area contributed by atoms with Gasteiger partial charge in [0.25, 0.3) is 5.91 Å². The second kappa shape index (κ2) is 6.28. The molecule has 0 atom stereocenters. The van der Waals surface area contributed by atoms with Crippen LogP contribution in [0.4, 0.5) is 4.39 Å². The number of hydrogen-bond donors (Lipinski definition) is 0. The highest BCUT2D eigenvalue weighted by atomic mass is 32.2. The van der Waals surface area contributed by atoms with Crippen molar-refractivity contribution in [3.05, 3.63) is 40.6 Å². The van der Waals surface area contributed by atoms with Crippen molar-refractivity contribution in [3.63, 3.8) is 0 Å². The molecule has 3 rings (SSSR count). The molecule has 1 amide bonds. The number of carbonyl (C=O) groups excluding carboxylic acids is 1. The second-order valence-corrected chi connectivity index (χ2v) is 7.07. The Morgan fingerprint density at radius 2 is 2.05 bits per heavy atom. The van der Waals surface area contributed by atoms with Gasteiger partial charge in [-0.2, -0.15) is 0 Å². The van der Waals surface area contributed by atoms with Crippen LogP contribution in [0.3, 0.4) is 0 Å². The molecular formula is C16H16FNOS2. The van der Waals surface area contributed by atoms with Crippen LogP contribution in [0.15, 0.2) is 29.2 Å². The highest BCUT2D eigenvalue weighted by Gasteiger charge is 2.37. The molecule has 5 heteroatoms. The largest absolute Gasteiger partial charge is 0.290 e. The van der Waals surface area contributed by atoms with Crippen molar-refractivity contribution in [2.45, 2.75) is 38.1 Å². The van der Waals surface area contributed by atoms with E-state index in [0.717, 1.165) is 25.7 Å². The quantitative estimate of drug-likeness (QED) is 0.596. The van der Waals surface area contributed by atoms with Crippen LogP contribution in [-0.2, 0) is 4.79 Å². The third-order valence-corrected chi connectivity index (χ3v) is 5.24. The van der Waals surface area contributed by atoms with Crippen LogP contribution in [0, 0.1) is 5.82 Å². The second-order valence-electron chi connectivity index (χ2n) is 5.40. The zero-order valence-electron chi connectivity index (χ0n) is 11.5. The summed E-state index contributed by atoms with van der Waals surface area (Å²) in [5.74, 6) is -0.326. The molecule has 21 heavy (non-hydrogen) atoms.